The van der Waals surface area contributed by atoms with Gasteiger partial charge in [0.1, 0.15) is 23.6 Å². The van der Waals surface area contributed by atoms with E-state index in [9.17, 15) is 18.4 Å². The van der Waals surface area contributed by atoms with Gasteiger partial charge in [0, 0.05) is 17.0 Å². The van der Waals surface area contributed by atoms with Gasteiger partial charge in [0.25, 0.3) is 11.7 Å². The highest BCUT2D eigenvalue weighted by Crippen LogP contribution is 2.18. The van der Waals surface area contributed by atoms with E-state index in [0.29, 0.717) is 22.7 Å². The highest BCUT2D eigenvalue weighted by Gasteiger charge is 2.17. The van der Waals surface area contributed by atoms with Crippen LogP contribution in [-0.2, 0) is 20.7 Å². The largest absolute Gasteiger partial charge is 0.455 e. The Labute approximate surface area is 152 Å². The summed E-state index contributed by atoms with van der Waals surface area (Å²) in [7, 11) is 0. The summed E-state index contributed by atoms with van der Waals surface area (Å²) in [5.41, 5.74) is 1.26. The Morgan fingerprint density at radius 1 is 1.22 bits per heavy atom. The lowest BCUT2D eigenvalue weighted by Crippen LogP contribution is -2.23. The Balaban J connectivity index is 1.62. The molecular formula is C17H15F2N5O3. The first-order valence-electron chi connectivity index (χ1n) is 7.92. The van der Waals surface area contributed by atoms with Gasteiger partial charge in [-0.25, -0.2) is 18.3 Å². The average molecular weight is 375 g/mol. The molecule has 0 aliphatic heterocycles. The number of aromatic nitrogens is 4. The van der Waals surface area contributed by atoms with E-state index in [-0.39, 0.29) is 6.42 Å². The number of nitrogens with one attached hydrogen (secondary N) is 1. The number of para-hydroxylation sites is 1. The summed E-state index contributed by atoms with van der Waals surface area (Å²) < 4.78 is 33.4. The molecule has 27 heavy (non-hydrogen) atoms. The van der Waals surface area contributed by atoms with E-state index in [1.807, 2.05) is 5.32 Å². The first-order chi connectivity index (χ1) is 12.9. The van der Waals surface area contributed by atoms with Crippen LogP contribution in [0.15, 0.2) is 24.5 Å². The molecule has 0 saturated carbocycles. The van der Waals surface area contributed by atoms with Crippen molar-refractivity contribution in [2.24, 2.45) is 0 Å². The lowest BCUT2D eigenvalue weighted by Gasteiger charge is -2.11. The molecule has 0 aliphatic rings. The standard InChI is InChI=1S/C17H15F2N5O3/c1-9-11(10(2)24-17(22-9)20-8-21-24)6-15(26)27-7-14(25)23-16-12(18)4-3-5-13(16)19/h3-5,8H,6-7H2,1-2H3,(H,23,25). The van der Waals surface area contributed by atoms with Crippen LogP contribution in [0.4, 0.5) is 14.5 Å². The number of ether oxygens (including phenoxy) is 1. The highest BCUT2D eigenvalue weighted by molar-refractivity contribution is 5.93. The minimum Gasteiger partial charge on any atom is -0.455 e. The second kappa shape index (κ2) is 7.44. The van der Waals surface area contributed by atoms with Gasteiger partial charge in [-0.1, -0.05) is 6.07 Å². The van der Waals surface area contributed by atoms with Crippen molar-refractivity contribution in [1.29, 1.82) is 0 Å². The molecule has 1 amide bonds. The van der Waals surface area contributed by atoms with E-state index >= 15 is 0 Å². The van der Waals surface area contributed by atoms with Crippen molar-refractivity contribution >= 4 is 23.3 Å². The summed E-state index contributed by atoms with van der Waals surface area (Å²) in [4.78, 5) is 32.1. The minimum atomic E-state index is -0.923. The fourth-order valence-electron chi connectivity index (χ4n) is 2.55. The lowest BCUT2D eigenvalue weighted by molar-refractivity contribution is -0.146. The summed E-state index contributed by atoms with van der Waals surface area (Å²) in [5, 5.41) is 6.06. The number of anilines is 1. The number of hydrogen-bond donors (Lipinski definition) is 1. The molecule has 140 valence electrons. The van der Waals surface area contributed by atoms with Crippen LogP contribution in [0.2, 0.25) is 0 Å². The van der Waals surface area contributed by atoms with E-state index < -0.39 is 35.8 Å². The van der Waals surface area contributed by atoms with E-state index in [2.05, 4.69) is 15.1 Å². The topological polar surface area (TPSA) is 98.5 Å². The summed E-state index contributed by atoms with van der Waals surface area (Å²) >= 11 is 0. The van der Waals surface area contributed by atoms with Gasteiger partial charge >= 0.3 is 5.97 Å². The van der Waals surface area contributed by atoms with Crippen LogP contribution in [0.3, 0.4) is 0 Å². The molecule has 0 atom stereocenters. The second-order valence-corrected chi connectivity index (χ2v) is 5.72. The van der Waals surface area contributed by atoms with Gasteiger partial charge in [-0.05, 0) is 26.0 Å². The number of hydrogen-bond acceptors (Lipinski definition) is 6. The van der Waals surface area contributed by atoms with Crippen LogP contribution in [0.25, 0.3) is 5.78 Å². The predicted octanol–water partition coefficient (Wildman–Crippen LogP) is 1.74. The zero-order valence-electron chi connectivity index (χ0n) is 14.5. The molecule has 0 bridgehead atoms. The minimum absolute atomic E-state index is 0.137. The van der Waals surface area contributed by atoms with Crippen molar-refractivity contribution < 1.29 is 23.1 Å². The third kappa shape index (κ3) is 3.89. The smallest absolute Gasteiger partial charge is 0.310 e. The predicted molar refractivity (Wildman–Crippen MR) is 89.9 cm³/mol. The van der Waals surface area contributed by atoms with Crippen LogP contribution >= 0.6 is 0 Å². The SMILES string of the molecule is Cc1nc2ncnn2c(C)c1CC(=O)OCC(=O)Nc1c(F)cccc1F. The number of carbonyl (C=O) groups excluding carboxylic acids is 2. The molecular weight excluding hydrogens is 360 g/mol. The third-order valence-electron chi connectivity index (χ3n) is 3.90. The van der Waals surface area contributed by atoms with Crippen molar-refractivity contribution in [3.05, 3.63) is 53.1 Å². The van der Waals surface area contributed by atoms with Crippen molar-refractivity contribution in [2.75, 3.05) is 11.9 Å². The Hall–Kier alpha value is -3.43. The van der Waals surface area contributed by atoms with Gasteiger partial charge in [0.15, 0.2) is 6.61 Å². The summed E-state index contributed by atoms with van der Waals surface area (Å²) in [5.74, 6) is -2.98. The van der Waals surface area contributed by atoms with Crippen LogP contribution in [0.1, 0.15) is 17.0 Å². The molecule has 0 saturated heterocycles. The first kappa shape index (κ1) is 18.4. The number of aryl methyl sites for hydroxylation is 2. The molecule has 0 unspecified atom stereocenters. The van der Waals surface area contributed by atoms with Crippen LogP contribution in [-0.4, -0.2) is 38.1 Å². The molecule has 3 aromatic rings. The van der Waals surface area contributed by atoms with Crippen LogP contribution in [0.5, 0.6) is 0 Å². The van der Waals surface area contributed by atoms with Crippen molar-refractivity contribution in [3.8, 4) is 0 Å². The van der Waals surface area contributed by atoms with E-state index in [1.54, 1.807) is 13.8 Å². The molecule has 1 aromatic carbocycles. The summed E-state index contributed by atoms with van der Waals surface area (Å²) in [6.07, 6.45) is 1.21. The normalized spacial score (nSPS) is 10.8. The van der Waals surface area contributed by atoms with E-state index in [4.69, 9.17) is 4.74 Å². The fraction of sp³-hybridized carbons (Fsp3) is 0.235. The number of nitrogens with zero attached hydrogens (tertiary/aromatic N) is 4. The van der Waals surface area contributed by atoms with Gasteiger partial charge in [0.05, 0.1) is 6.42 Å². The molecule has 2 heterocycles. The first-order valence-corrected chi connectivity index (χ1v) is 7.92. The number of rotatable bonds is 5. The Morgan fingerprint density at radius 3 is 2.63 bits per heavy atom. The molecule has 8 nitrogen and oxygen atoms in total. The van der Waals surface area contributed by atoms with Crippen LogP contribution < -0.4 is 5.32 Å². The Kier molecular flexibility index (Phi) is 5.06. The van der Waals surface area contributed by atoms with Gasteiger partial charge < -0.3 is 10.1 Å². The maximum atomic E-state index is 13.5. The van der Waals surface area contributed by atoms with Gasteiger partial charge in [-0.15, -0.1) is 0 Å². The molecule has 1 N–H and O–H groups in total. The molecule has 0 spiro atoms. The maximum absolute atomic E-state index is 13.5. The molecule has 3 rings (SSSR count). The van der Waals surface area contributed by atoms with Crippen molar-refractivity contribution in [3.63, 3.8) is 0 Å². The average Bonchev–Trinajstić information content (AvgIpc) is 3.08. The zero-order chi connectivity index (χ0) is 19.6. The molecule has 0 fully saturated rings. The quantitative estimate of drug-likeness (QED) is 0.682. The summed E-state index contributed by atoms with van der Waals surface area (Å²) in [6.45, 7) is 2.80. The number of carbonyl (C=O) groups is 2. The Bertz CT molecular complexity index is 1010. The zero-order valence-corrected chi connectivity index (χ0v) is 14.5. The third-order valence-corrected chi connectivity index (χ3v) is 3.90. The lowest BCUT2D eigenvalue weighted by atomic mass is 10.1. The van der Waals surface area contributed by atoms with Gasteiger partial charge in [-0.2, -0.15) is 10.1 Å². The van der Waals surface area contributed by atoms with Crippen molar-refractivity contribution in [2.45, 2.75) is 20.3 Å². The highest BCUT2D eigenvalue weighted by atomic mass is 19.1. The molecule has 0 aliphatic carbocycles. The number of benzene rings is 1. The number of amides is 1. The van der Waals surface area contributed by atoms with E-state index in [0.717, 1.165) is 12.1 Å². The molecule has 2 aromatic heterocycles. The number of halogens is 2. The number of fused-ring (bicyclic) bond motifs is 1. The summed E-state index contributed by atoms with van der Waals surface area (Å²) in [6, 6.07) is 3.18. The van der Waals surface area contributed by atoms with Crippen LogP contribution in [0, 0.1) is 25.5 Å². The maximum Gasteiger partial charge on any atom is 0.310 e. The monoisotopic (exact) mass is 375 g/mol. The Morgan fingerprint density at radius 2 is 1.93 bits per heavy atom. The molecule has 0 radical (unpaired) electrons. The van der Waals surface area contributed by atoms with Crippen molar-refractivity contribution in [1.82, 2.24) is 19.6 Å². The molecule has 10 heteroatoms. The van der Waals surface area contributed by atoms with E-state index in [1.165, 1.54) is 16.9 Å². The van der Waals surface area contributed by atoms with Gasteiger partial charge in [-0.3, -0.25) is 9.59 Å². The second-order valence-electron chi connectivity index (χ2n) is 5.72. The number of esters is 1. The fourth-order valence-corrected chi connectivity index (χ4v) is 2.55. The van der Waals surface area contributed by atoms with Gasteiger partial charge in [0.2, 0.25) is 0 Å².